The van der Waals surface area contributed by atoms with Gasteiger partial charge in [0.2, 0.25) is 0 Å². The Morgan fingerprint density at radius 2 is 1.87 bits per heavy atom. The van der Waals surface area contributed by atoms with Crippen LogP contribution in [0.4, 0.5) is 8.78 Å². The van der Waals surface area contributed by atoms with Crippen molar-refractivity contribution in [2.45, 2.75) is 5.92 Å². The highest BCUT2D eigenvalue weighted by atomic mass is 19.3. The van der Waals surface area contributed by atoms with Crippen LogP contribution >= 0.6 is 0 Å². The van der Waals surface area contributed by atoms with E-state index in [0.29, 0.717) is 12.3 Å². The van der Waals surface area contributed by atoms with Gasteiger partial charge in [-0.2, -0.15) is 8.78 Å². The summed E-state index contributed by atoms with van der Waals surface area (Å²) >= 11 is 0. The maximum absolute atomic E-state index is 12.8. The molecule has 1 rings (SSSR count). The molecule has 0 bridgehead atoms. The molecule has 1 heterocycles. The molecule has 0 atom stereocenters. The van der Waals surface area contributed by atoms with Crippen molar-refractivity contribution in [1.29, 1.82) is 0 Å². The van der Waals surface area contributed by atoms with Gasteiger partial charge in [0.1, 0.15) is 5.69 Å². The number of aromatic nitrogens is 1. The lowest BCUT2D eigenvalue weighted by Gasteiger charge is -2.09. The second-order valence-corrected chi connectivity index (χ2v) is 2.62. The smallest absolute Gasteiger partial charge is 0.384 e. The third kappa shape index (κ3) is 2.06. The van der Waals surface area contributed by atoms with Crippen LogP contribution in [0, 0.1) is 0 Å². The first kappa shape index (κ1) is 11.0. The molecule has 7 heteroatoms. The quantitative estimate of drug-likeness (QED) is 0.787. The van der Waals surface area contributed by atoms with Gasteiger partial charge in [-0.15, -0.1) is 0 Å². The van der Waals surface area contributed by atoms with Gasteiger partial charge >= 0.3 is 17.9 Å². The monoisotopic (exact) mass is 217 g/mol. The number of aliphatic carboxylic acids is 1. The Hall–Kier alpha value is -2.05. The van der Waals surface area contributed by atoms with Gasteiger partial charge in [0.05, 0.1) is 5.56 Å². The maximum Gasteiger partial charge on any atom is 0.384 e. The van der Waals surface area contributed by atoms with Crippen molar-refractivity contribution >= 4 is 11.9 Å². The van der Waals surface area contributed by atoms with Crippen LogP contribution in [-0.4, -0.2) is 27.1 Å². The van der Waals surface area contributed by atoms with E-state index in [1.807, 2.05) is 0 Å². The zero-order valence-corrected chi connectivity index (χ0v) is 7.15. The molecule has 0 aliphatic heterocycles. The average Bonchev–Trinajstić information content (AvgIpc) is 2.17. The fourth-order valence-corrected chi connectivity index (χ4v) is 0.816. The van der Waals surface area contributed by atoms with E-state index in [0.717, 1.165) is 6.07 Å². The van der Waals surface area contributed by atoms with Crippen molar-refractivity contribution in [3.63, 3.8) is 0 Å². The van der Waals surface area contributed by atoms with E-state index in [9.17, 15) is 18.4 Å². The van der Waals surface area contributed by atoms with Gasteiger partial charge in [0.25, 0.3) is 0 Å². The van der Waals surface area contributed by atoms with Crippen LogP contribution in [0.2, 0.25) is 0 Å². The molecular weight excluding hydrogens is 212 g/mol. The Labute approximate surface area is 82.0 Å². The summed E-state index contributed by atoms with van der Waals surface area (Å²) in [6, 6.07) is 1.53. The topological polar surface area (TPSA) is 87.5 Å². The molecule has 0 aliphatic rings. The normalized spacial score (nSPS) is 11.1. The zero-order valence-electron chi connectivity index (χ0n) is 7.15. The Kier molecular flexibility index (Phi) is 2.65. The number of carboxylic acids is 2. The fraction of sp³-hybridized carbons (Fsp3) is 0.125. The number of nitrogens with zero attached hydrogens (tertiary/aromatic N) is 1. The molecule has 0 aromatic carbocycles. The summed E-state index contributed by atoms with van der Waals surface area (Å²) in [6.45, 7) is 0. The average molecular weight is 217 g/mol. The fourth-order valence-electron chi connectivity index (χ4n) is 0.816. The molecule has 0 spiro atoms. The van der Waals surface area contributed by atoms with E-state index >= 15 is 0 Å². The number of hydrogen-bond acceptors (Lipinski definition) is 3. The molecule has 80 valence electrons. The highest BCUT2D eigenvalue weighted by Gasteiger charge is 2.42. The standard InChI is InChI=1S/C8H5F2NO4/c9-8(10,7(14)15)5-2-1-4(3-11-5)6(12)13/h1-3H,(H,12,13)(H,14,15). The summed E-state index contributed by atoms with van der Waals surface area (Å²) < 4.78 is 25.6. The van der Waals surface area contributed by atoms with Crippen molar-refractivity contribution in [3.05, 3.63) is 29.6 Å². The highest BCUT2D eigenvalue weighted by molar-refractivity contribution is 5.87. The first-order valence-electron chi connectivity index (χ1n) is 3.66. The molecule has 15 heavy (non-hydrogen) atoms. The van der Waals surface area contributed by atoms with Crippen molar-refractivity contribution in [2.75, 3.05) is 0 Å². The molecule has 2 N–H and O–H groups in total. The van der Waals surface area contributed by atoms with Crippen LogP contribution in [0.3, 0.4) is 0 Å². The molecular formula is C8H5F2NO4. The van der Waals surface area contributed by atoms with E-state index < -0.39 is 23.6 Å². The highest BCUT2D eigenvalue weighted by Crippen LogP contribution is 2.26. The molecule has 1 aromatic rings. The predicted molar refractivity (Wildman–Crippen MR) is 42.7 cm³/mol. The van der Waals surface area contributed by atoms with Crippen LogP contribution in [0.1, 0.15) is 16.1 Å². The van der Waals surface area contributed by atoms with Gasteiger partial charge in [0.15, 0.2) is 0 Å². The first-order valence-corrected chi connectivity index (χ1v) is 3.66. The number of carbonyl (C=O) groups is 2. The van der Waals surface area contributed by atoms with Crippen LogP contribution in [0.5, 0.6) is 0 Å². The lowest BCUT2D eigenvalue weighted by atomic mass is 10.2. The molecule has 0 amide bonds. The summed E-state index contributed by atoms with van der Waals surface area (Å²) in [5, 5.41) is 16.6. The lowest BCUT2D eigenvalue weighted by Crippen LogP contribution is -2.26. The molecule has 0 fully saturated rings. The van der Waals surface area contributed by atoms with Gasteiger partial charge in [-0.05, 0) is 12.1 Å². The Morgan fingerprint density at radius 3 is 2.20 bits per heavy atom. The van der Waals surface area contributed by atoms with Crippen molar-refractivity contribution in [3.8, 4) is 0 Å². The molecule has 0 radical (unpaired) electrons. The second-order valence-electron chi connectivity index (χ2n) is 2.62. The summed E-state index contributed by atoms with van der Waals surface area (Å²) in [5.74, 6) is -7.78. The van der Waals surface area contributed by atoms with E-state index in [1.165, 1.54) is 0 Å². The van der Waals surface area contributed by atoms with Crippen LogP contribution in [0.25, 0.3) is 0 Å². The number of pyridine rings is 1. The van der Waals surface area contributed by atoms with Gasteiger partial charge in [-0.1, -0.05) is 0 Å². The molecule has 0 aliphatic carbocycles. The molecule has 5 nitrogen and oxygen atoms in total. The van der Waals surface area contributed by atoms with Gasteiger partial charge in [-0.25, -0.2) is 9.59 Å². The maximum atomic E-state index is 12.8. The summed E-state index contributed by atoms with van der Waals surface area (Å²) in [7, 11) is 0. The zero-order chi connectivity index (χ0) is 11.6. The van der Waals surface area contributed by atoms with E-state index in [4.69, 9.17) is 10.2 Å². The SMILES string of the molecule is O=C(O)c1ccc(C(F)(F)C(=O)O)nc1. The number of alkyl halides is 2. The number of hydrogen-bond donors (Lipinski definition) is 2. The number of carboxylic acid groups (broad SMARTS) is 2. The van der Waals surface area contributed by atoms with E-state index in [1.54, 1.807) is 0 Å². The van der Waals surface area contributed by atoms with Crippen LogP contribution < -0.4 is 0 Å². The molecule has 0 saturated heterocycles. The molecule has 0 saturated carbocycles. The first-order chi connectivity index (χ1) is 6.85. The van der Waals surface area contributed by atoms with Gasteiger partial charge in [0, 0.05) is 6.20 Å². The molecule has 1 aromatic heterocycles. The minimum absolute atomic E-state index is 0.292. The third-order valence-corrected chi connectivity index (χ3v) is 1.60. The minimum atomic E-state index is -4.11. The number of aromatic carboxylic acids is 1. The van der Waals surface area contributed by atoms with Gasteiger partial charge < -0.3 is 10.2 Å². The van der Waals surface area contributed by atoms with E-state index in [-0.39, 0.29) is 5.56 Å². The number of halogens is 2. The Morgan fingerprint density at radius 1 is 1.27 bits per heavy atom. The summed E-state index contributed by atoms with van der Waals surface area (Å²) in [4.78, 5) is 23.6. The van der Waals surface area contributed by atoms with E-state index in [2.05, 4.69) is 4.98 Å². The van der Waals surface area contributed by atoms with Crippen LogP contribution in [-0.2, 0) is 10.7 Å². The Bertz CT molecular complexity index is 402. The van der Waals surface area contributed by atoms with Crippen molar-refractivity contribution in [2.24, 2.45) is 0 Å². The van der Waals surface area contributed by atoms with Crippen molar-refractivity contribution in [1.82, 2.24) is 4.98 Å². The predicted octanol–water partition coefficient (Wildman–Crippen LogP) is 0.956. The minimum Gasteiger partial charge on any atom is -0.478 e. The van der Waals surface area contributed by atoms with Crippen LogP contribution in [0.15, 0.2) is 18.3 Å². The summed E-state index contributed by atoms with van der Waals surface area (Å²) in [6.07, 6.45) is 0.675. The number of rotatable bonds is 3. The van der Waals surface area contributed by atoms with Crippen molar-refractivity contribution < 1.29 is 28.6 Å². The largest absolute Gasteiger partial charge is 0.478 e. The molecule has 0 unspecified atom stereocenters. The summed E-state index contributed by atoms with van der Waals surface area (Å²) in [5.41, 5.74) is -1.29. The second kappa shape index (κ2) is 3.60. The van der Waals surface area contributed by atoms with Gasteiger partial charge in [-0.3, -0.25) is 4.98 Å². The third-order valence-electron chi connectivity index (χ3n) is 1.60. The Balaban J connectivity index is 3.09. The lowest BCUT2D eigenvalue weighted by molar-refractivity contribution is -0.166.